The highest BCUT2D eigenvalue weighted by Crippen LogP contribution is 2.39. The van der Waals surface area contributed by atoms with Crippen molar-refractivity contribution in [1.82, 2.24) is 19.5 Å². The van der Waals surface area contributed by atoms with Crippen LogP contribution in [0.3, 0.4) is 0 Å². The molecule has 0 saturated carbocycles. The Morgan fingerprint density at radius 1 is 1.48 bits per heavy atom. The Morgan fingerprint density at radius 2 is 2.22 bits per heavy atom. The van der Waals surface area contributed by atoms with Crippen molar-refractivity contribution in [3.05, 3.63) is 12.2 Å². The van der Waals surface area contributed by atoms with Crippen LogP contribution in [-0.2, 0) is 14.3 Å². The van der Waals surface area contributed by atoms with E-state index in [2.05, 4.69) is 15.0 Å². The smallest absolute Gasteiger partial charge is 0.303 e. The van der Waals surface area contributed by atoms with Crippen LogP contribution in [0.4, 0.5) is 5.82 Å². The first-order valence-corrected chi connectivity index (χ1v) is 7.71. The van der Waals surface area contributed by atoms with Crippen LogP contribution in [0.15, 0.2) is 6.33 Å². The Morgan fingerprint density at radius 3 is 2.87 bits per heavy atom. The van der Waals surface area contributed by atoms with E-state index >= 15 is 0 Å². The van der Waals surface area contributed by atoms with Gasteiger partial charge in [0.15, 0.2) is 29.3 Å². The van der Waals surface area contributed by atoms with Crippen LogP contribution in [0, 0.1) is 12.8 Å². The molecular formula is C15H21N5O3. The van der Waals surface area contributed by atoms with Crippen molar-refractivity contribution in [1.29, 1.82) is 0 Å². The maximum atomic E-state index is 11.5. The van der Waals surface area contributed by atoms with Gasteiger partial charge in [0.1, 0.15) is 12.2 Å². The number of rotatable bonds is 3. The third-order valence-electron chi connectivity index (χ3n) is 4.34. The number of carbonyl (C=O) groups is 1. The van der Waals surface area contributed by atoms with Gasteiger partial charge in [0.05, 0.1) is 6.10 Å². The zero-order chi connectivity index (χ0) is 16.7. The van der Waals surface area contributed by atoms with Gasteiger partial charge < -0.3 is 15.2 Å². The molecule has 124 valence electrons. The van der Waals surface area contributed by atoms with Gasteiger partial charge in [-0.25, -0.2) is 15.0 Å². The van der Waals surface area contributed by atoms with Crippen molar-refractivity contribution < 1.29 is 14.3 Å². The number of nitrogens with two attached hydrogens (primary N) is 1. The molecule has 2 aromatic rings. The Labute approximate surface area is 134 Å². The molecule has 1 fully saturated rings. The lowest BCUT2D eigenvalue weighted by molar-refractivity contribution is -0.153. The fourth-order valence-corrected chi connectivity index (χ4v) is 3.22. The summed E-state index contributed by atoms with van der Waals surface area (Å²) >= 11 is 0. The third-order valence-corrected chi connectivity index (χ3v) is 4.34. The zero-order valence-corrected chi connectivity index (χ0v) is 13.7. The number of nitrogen functional groups attached to an aromatic ring is 1. The first-order chi connectivity index (χ1) is 10.9. The standard InChI is InChI=1S/C15H21N5O3/c1-5-10-7(2)12(22-9(4)21)15(23-10)20-8(3)19-11-13(16)17-6-18-14(11)20/h6-7,10,12,15H,5H2,1-4H3,(H2,16,17,18)/t7-,10-,12-,15-/m1/s1. The highest BCUT2D eigenvalue weighted by atomic mass is 16.6. The normalized spacial score (nSPS) is 27.5. The quantitative estimate of drug-likeness (QED) is 0.856. The Kier molecular flexibility index (Phi) is 3.93. The minimum atomic E-state index is -0.474. The van der Waals surface area contributed by atoms with E-state index in [-0.39, 0.29) is 18.0 Å². The fraction of sp³-hybridized carbons (Fsp3) is 0.600. The highest BCUT2D eigenvalue weighted by molar-refractivity contribution is 5.81. The predicted octanol–water partition coefficient (Wildman–Crippen LogP) is 1.59. The minimum Gasteiger partial charge on any atom is -0.457 e. The van der Waals surface area contributed by atoms with Crippen molar-refractivity contribution in [3.63, 3.8) is 0 Å². The van der Waals surface area contributed by atoms with E-state index in [1.54, 1.807) is 0 Å². The summed E-state index contributed by atoms with van der Waals surface area (Å²) < 4.78 is 13.5. The molecule has 2 aromatic heterocycles. The van der Waals surface area contributed by atoms with Crippen molar-refractivity contribution in [2.24, 2.45) is 5.92 Å². The van der Waals surface area contributed by atoms with Gasteiger partial charge in [-0.05, 0) is 13.3 Å². The molecule has 3 heterocycles. The summed E-state index contributed by atoms with van der Waals surface area (Å²) in [6.45, 7) is 7.33. The molecule has 1 aliphatic heterocycles. The Hall–Kier alpha value is -2.22. The first kappa shape index (κ1) is 15.7. The second-order valence-electron chi connectivity index (χ2n) is 5.87. The number of fused-ring (bicyclic) bond motifs is 1. The third kappa shape index (κ3) is 2.52. The van der Waals surface area contributed by atoms with Crippen LogP contribution < -0.4 is 5.73 Å². The summed E-state index contributed by atoms with van der Waals surface area (Å²) in [5, 5.41) is 0. The number of hydrogen-bond acceptors (Lipinski definition) is 7. The van der Waals surface area contributed by atoms with Gasteiger partial charge in [0.25, 0.3) is 0 Å². The van der Waals surface area contributed by atoms with Crippen LogP contribution >= 0.6 is 0 Å². The van der Waals surface area contributed by atoms with Gasteiger partial charge in [-0.15, -0.1) is 0 Å². The lowest BCUT2D eigenvalue weighted by Crippen LogP contribution is -2.30. The number of aryl methyl sites for hydroxylation is 1. The highest BCUT2D eigenvalue weighted by Gasteiger charge is 2.45. The van der Waals surface area contributed by atoms with Crippen molar-refractivity contribution in [2.75, 3.05) is 5.73 Å². The second-order valence-corrected chi connectivity index (χ2v) is 5.87. The molecule has 1 aliphatic rings. The molecule has 23 heavy (non-hydrogen) atoms. The molecule has 0 radical (unpaired) electrons. The predicted molar refractivity (Wildman–Crippen MR) is 83.4 cm³/mol. The second kappa shape index (κ2) is 5.77. The van der Waals surface area contributed by atoms with Crippen molar-refractivity contribution >= 4 is 23.0 Å². The number of nitrogens with zero attached hydrogens (tertiary/aromatic N) is 4. The molecule has 0 spiro atoms. The van der Waals surface area contributed by atoms with E-state index in [0.717, 1.165) is 6.42 Å². The van der Waals surface area contributed by atoms with Gasteiger partial charge in [-0.2, -0.15) is 0 Å². The van der Waals surface area contributed by atoms with Crippen LogP contribution in [-0.4, -0.2) is 37.7 Å². The molecule has 0 bridgehead atoms. The molecule has 0 aromatic carbocycles. The number of hydrogen-bond donors (Lipinski definition) is 1. The summed E-state index contributed by atoms with van der Waals surface area (Å²) in [7, 11) is 0. The Bertz CT molecular complexity index is 744. The molecule has 0 unspecified atom stereocenters. The van der Waals surface area contributed by atoms with E-state index in [0.29, 0.717) is 22.8 Å². The van der Waals surface area contributed by atoms with E-state index in [1.165, 1.54) is 13.3 Å². The fourth-order valence-electron chi connectivity index (χ4n) is 3.22. The lowest BCUT2D eigenvalue weighted by Gasteiger charge is -2.22. The largest absolute Gasteiger partial charge is 0.457 e. The van der Waals surface area contributed by atoms with Crippen LogP contribution in [0.5, 0.6) is 0 Å². The molecule has 0 aliphatic carbocycles. The molecule has 4 atom stereocenters. The summed E-state index contributed by atoms with van der Waals surface area (Å²) in [5.74, 6) is 0.755. The summed E-state index contributed by atoms with van der Waals surface area (Å²) in [6.07, 6.45) is 1.35. The van der Waals surface area contributed by atoms with E-state index in [9.17, 15) is 4.79 Å². The Balaban J connectivity index is 2.10. The molecule has 2 N–H and O–H groups in total. The monoisotopic (exact) mass is 319 g/mol. The molecule has 8 heteroatoms. The lowest BCUT2D eigenvalue weighted by atomic mass is 9.98. The average Bonchev–Trinajstić information content (AvgIpc) is 2.98. The van der Waals surface area contributed by atoms with Gasteiger partial charge in [-0.1, -0.05) is 13.8 Å². The zero-order valence-electron chi connectivity index (χ0n) is 13.7. The van der Waals surface area contributed by atoms with Crippen molar-refractivity contribution in [3.8, 4) is 0 Å². The van der Waals surface area contributed by atoms with E-state index in [1.807, 2.05) is 25.3 Å². The van der Waals surface area contributed by atoms with Gasteiger partial charge in [-0.3, -0.25) is 9.36 Å². The van der Waals surface area contributed by atoms with Gasteiger partial charge in [0, 0.05) is 12.8 Å². The van der Waals surface area contributed by atoms with Crippen molar-refractivity contribution in [2.45, 2.75) is 52.6 Å². The minimum absolute atomic E-state index is 0.000356. The number of carbonyl (C=O) groups excluding carboxylic acids is 1. The maximum absolute atomic E-state index is 11.5. The van der Waals surface area contributed by atoms with Gasteiger partial charge in [0.2, 0.25) is 0 Å². The van der Waals surface area contributed by atoms with Crippen LogP contribution in [0.1, 0.15) is 39.2 Å². The average molecular weight is 319 g/mol. The summed E-state index contributed by atoms with van der Waals surface area (Å²) in [4.78, 5) is 24.2. The molecule has 3 rings (SSSR count). The number of aromatic nitrogens is 4. The maximum Gasteiger partial charge on any atom is 0.303 e. The summed E-state index contributed by atoms with van der Waals surface area (Å²) in [6, 6.07) is 0. The first-order valence-electron chi connectivity index (χ1n) is 7.71. The molecule has 1 saturated heterocycles. The molecule has 0 amide bonds. The molecule has 8 nitrogen and oxygen atoms in total. The topological polar surface area (TPSA) is 105 Å². The number of imidazole rings is 1. The van der Waals surface area contributed by atoms with E-state index in [4.69, 9.17) is 15.2 Å². The number of esters is 1. The molecular weight excluding hydrogens is 298 g/mol. The number of anilines is 1. The summed E-state index contributed by atoms with van der Waals surface area (Å²) in [5.41, 5.74) is 6.99. The van der Waals surface area contributed by atoms with E-state index < -0.39 is 12.3 Å². The number of ether oxygens (including phenoxy) is 2. The SMILES string of the molecule is CC[C@H]1O[C@@H](n2c(C)nc3c(N)ncnc32)[C@H](OC(C)=O)[C@@H]1C. The van der Waals surface area contributed by atoms with Crippen LogP contribution in [0.2, 0.25) is 0 Å². The van der Waals surface area contributed by atoms with Crippen LogP contribution in [0.25, 0.3) is 11.2 Å². The van der Waals surface area contributed by atoms with Gasteiger partial charge >= 0.3 is 5.97 Å².